The molecule has 0 bridgehead atoms. The van der Waals surface area contributed by atoms with Crippen molar-refractivity contribution in [2.24, 2.45) is 11.8 Å². The van der Waals surface area contributed by atoms with Crippen LogP contribution in [0.4, 0.5) is 0 Å². The molecule has 1 N–H and O–H groups in total. The average Bonchev–Trinajstić information content (AvgIpc) is 3.32. The van der Waals surface area contributed by atoms with Gasteiger partial charge in [0.1, 0.15) is 0 Å². The Morgan fingerprint density at radius 1 is 1.19 bits per heavy atom. The van der Waals surface area contributed by atoms with Crippen molar-refractivity contribution in [3.8, 4) is 0 Å². The Balaban J connectivity index is 1.65. The minimum absolute atomic E-state index is 0.498. The Morgan fingerprint density at radius 2 is 2.00 bits per heavy atom. The van der Waals surface area contributed by atoms with E-state index in [1.165, 1.54) is 58.0 Å². The summed E-state index contributed by atoms with van der Waals surface area (Å²) in [5, 5.41) is 3.86. The van der Waals surface area contributed by atoms with Crippen molar-refractivity contribution in [3.63, 3.8) is 0 Å². The van der Waals surface area contributed by atoms with Gasteiger partial charge in [-0.1, -0.05) is 13.8 Å². The molecule has 122 valence electrons. The van der Waals surface area contributed by atoms with Crippen molar-refractivity contribution in [1.29, 1.82) is 0 Å². The minimum Gasteiger partial charge on any atom is -0.381 e. The van der Waals surface area contributed by atoms with Crippen LogP contribution in [0.5, 0.6) is 0 Å². The van der Waals surface area contributed by atoms with Crippen molar-refractivity contribution in [2.45, 2.75) is 83.0 Å². The molecule has 0 aromatic carbocycles. The molecule has 3 rings (SSSR count). The summed E-state index contributed by atoms with van der Waals surface area (Å²) in [6.45, 7) is 7.21. The highest BCUT2D eigenvalue weighted by Gasteiger charge is 2.40. The summed E-state index contributed by atoms with van der Waals surface area (Å²) in [6, 6.07) is 2.26. The predicted molar refractivity (Wildman–Crippen MR) is 87.5 cm³/mol. The van der Waals surface area contributed by atoms with E-state index in [2.05, 4.69) is 24.1 Å². The first-order chi connectivity index (χ1) is 10.2. The van der Waals surface area contributed by atoms with E-state index >= 15 is 0 Å². The van der Waals surface area contributed by atoms with Crippen molar-refractivity contribution in [1.82, 2.24) is 10.2 Å². The van der Waals surface area contributed by atoms with Gasteiger partial charge >= 0.3 is 0 Å². The van der Waals surface area contributed by atoms with Gasteiger partial charge in [0.05, 0.1) is 6.10 Å². The average molecular weight is 294 g/mol. The van der Waals surface area contributed by atoms with Crippen LogP contribution in [0.3, 0.4) is 0 Å². The molecule has 1 heterocycles. The van der Waals surface area contributed by atoms with Crippen LogP contribution in [0, 0.1) is 11.8 Å². The van der Waals surface area contributed by atoms with Crippen molar-refractivity contribution in [2.75, 3.05) is 20.2 Å². The molecule has 1 aliphatic heterocycles. The lowest BCUT2D eigenvalue weighted by Gasteiger charge is -2.47. The Hall–Kier alpha value is -0.120. The maximum Gasteiger partial charge on any atom is 0.0586 e. The zero-order valence-electron chi connectivity index (χ0n) is 14.2. The maximum absolute atomic E-state index is 5.67. The van der Waals surface area contributed by atoms with E-state index in [9.17, 15) is 0 Å². The van der Waals surface area contributed by atoms with Gasteiger partial charge in [0.15, 0.2) is 0 Å². The van der Waals surface area contributed by atoms with Crippen LogP contribution in [0.25, 0.3) is 0 Å². The van der Waals surface area contributed by atoms with Gasteiger partial charge in [0.2, 0.25) is 0 Å². The zero-order valence-corrected chi connectivity index (χ0v) is 14.2. The highest BCUT2D eigenvalue weighted by molar-refractivity contribution is 4.97. The second-order valence-corrected chi connectivity index (χ2v) is 8.01. The highest BCUT2D eigenvalue weighted by atomic mass is 16.5. The third-order valence-corrected chi connectivity index (χ3v) is 5.83. The molecule has 0 aromatic rings. The van der Waals surface area contributed by atoms with Gasteiger partial charge in [-0.15, -0.1) is 0 Å². The largest absolute Gasteiger partial charge is 0.381 e. The molecule has 0 amide bonds. The first-order valence-electron chi connectivity index (χ1n) is 9.19. The molecule has 1 saturated heterocycles. The van der Waals surface area contributed by atoms with Crippen LogP contribution in [0.15, 0.2) is 0 Å². The van der Waals surface area contributed by atoms with E-state index in [0.717, 1.165) is 30.0 Å². The number of nitrogens with one attached hydrogen (secondary N) is 1. The lowest BCUT2D eigenvalue weighted by molar-refractivity contribution is -0.00577. The third-order valence-electron chi connectivity index (χ3n) is 5.83. The molecule has 3 heteroatoms. The SMILES string of the molecule is COC1CCCC(N2CC(C3CC3)NCC2CC(C)C)C1. The van der Waals surface area contributed by atoms with Gasteiger partial charge in [-0.25, -0.2) is 0 Å². The highest BCUT2D eigenvalue weighted by Crippen LogP contribution is 2.36. The summed E-state index contributed by atoms with van der Waals surface area (Å²) >= 11 is 0. The van der Waals surface area contributed by atoms with Crippen LogP contribution in [-0.2, 0) is 4.74 Å². The number of methoxy groups -OCH3 is 1. The topological polar surface area (TPSA) is 24.5 Å². The van der Waals surface area contributed by atoms with E-state index in [1.807, 2.05) is 7.11 Å². The van der Waals surface area contributed by atoms with Gasteiger partial charge < -0.3 is 10.1 Å². The fraction of sp³-hybridized carbons (Fsp3) is 1.00. The number of nitrogens with zero attached hydrogens (tertiary/aromatic N) is 1. The number of rotatable bonds is 5. The van der Waals surface area contributed by atoms with E-state index in [1.54, 1.807) is 0 Å². The van der Waals surface area contributed by atoms with Crippen LogP contribution in [-0.4, -0.2) is 49.3 Å². The maximum atomic E-state index is 5.67. The van der Waals surface area contributed by atoms with Gasteiger partial charge in [-0.3, -0.25) is 4.90 Å². The zero-order chi connectivity index (χ0) is 14.8. The molecule has 0 radical (unpaired) electrons. The first kappa shape index (κ1) is 15.8. The molecule has 0 spiro atoms. The van der Waals surface area contributed by atoms with Gasteiger partial charge in [-0.2, -0.15) is 0 Å². The van der Waals surface area contributed by atoms with Gasteiger partial charge in [-0.05, 0) is 56.8 Å². The lowest BCUT2D eigenvalue weighted by Crippen LogP contribution is -2.61. The monoisotopic (exact) mass is 294 g/mol. The molecule has 3 fully saturated rings. The van der Waals surface area contributed by atoms with Crippen LogP contribution in [0.2, 0.25) is 0 Å². The molecule has 3 nitrogen and oxygen atoms in total. The summed E-state index contributed by atoms with van der Waals surface area (Å²) < 4.78 is 5.67. The Kier molecular flexibility index (Phi) is 5.23. The normalized spacial score (nSPS) is 38.9. The van der Waals surface area contributed by atoms with E-state index in [4.69, 9.17) is 4.74 Å². The minimum atomic E-state index is 0.498. The molecule has 2 aliphatic carbocycles. The summed E-state index contributed by atoms with van der Waals surface area (Å²) in [7, 11) is 1.89. The molecule has 4 unspecified atom stereocenters. The third kappa shape index (κ3) is 4.00. The van der Waals surface area contributed by atoms with Crippen LogP contribution >= 0.6 is 0 Å². The van der Waals surface area contributed by atoms with Crippen molar-refractivity contribution in [3.05, 3.63) is 0 Å². The first-order valence-corrected chi connectivity index (χ1v) is 9.19. The summed E-state index contributed by atoms with van der Waals surface area (Å²) in [5.74, 6) is 1.76. The Labute approximate surface area is 130 Å². The number of hydrogen-bond donors (Lipinski definition) is 1. The van der Waals surface area contributed by atoms with E-state index in [0.29, 0.717) is 6.10 Å². The van der Waals surface area contributed by atoms with Crippen molar-refractivity contribution < 1.29 is 4.74 Å². The molecular formula is C18H34N2O. The number of ether oxygens (including phenoxy) is 1. The van der Waals surface area contributed by atoms with Gasteiger partial charge in [0.25, 0.3) is 0 Å². The summed E-state index contributed by atoms with van der Waals surface area (Å²) in [4.78, 5) is 2.88. The standard InChI is InChI=1S/C18H34N2O/c1-13(2)9-16-11-19-18(14-7-8-14)12-20(16)15-5-4-6-17(10-15)21-3/h13-19H,4-12H2,1-3H3. The Morgan fingerprint density at radius 3 is 2.67 bits per heavy atom. The van der Waals surface area contributed by atoms with Crippen molar-refractivity contribution >= 4 is 0 Å². The second-order valence-electron chi connectivity index (χ2n) is 8.01. The number of hydrogen-bond acceptors (Lipinski definition) is 3. The lowest BCUT2D eigenvalue weighted by atomic mass is 9.88. The molecule has 3 aliphatic rings. The molecule has 4 atom stereocenters. The fourth-order valence-corrected chi connectivity index (χ4v) is 4.51. The fourth-order valence-electron chi connectivity index (χ4n) is 4.51. The quantitative estimate of drug-likeness (QED) is 0.843. The second kappa shape index (κ2) is 6.97. The number of piperazine rings is 1. The van der Waals surface area contributed by atoms with E-state index < -0.39 is 0 Å². The Bertz CT molecular complexity index is 329. The van der Waals surface area contributed by atoms with Crippen LogP contribution in [0.1, 0.15) is 58.8 Å². The van der Waals surface area contributed by atoms with E-state index in [-0.39, 0.29) is 0 Å². The molecule has 0 aromatic heterocycles. The molecule has 2 saturated carbocycles. The van der Waals surface area contributed by atoms with Gasteiger partial charge in [0, 0.05) is 38.3 Å². The smallest absolute Gasteiger partial charge is 0.0586 e. The van der Waals surface area contributed by atoms with Crippen LogP contribution < -0.4 is 5.32 Å². The molecule has 21 heavy (non-hydrogen) atoms. The predicted octanol–water partition coefficient (Wildman–Crippen LogP) is 3.04. The summed E-state index contributed by atoms with van der Waals surface area (Å²) in [6.07, 6.45) is 9.97. The molecular weight excluding hydrogens is 260 g/mol. The summed E-state index contributed by atoms with van der Waals surface area (Å²) in [5.41, 5.74) is 0.